The number of nitrogens with two attached hydrogens (primary N) is 1. The number of carboxylic acids is 1. The summed E-state index contributed by atoms with van der Waals surface area (Å²) in [6, 6.07) is -0.802. The van der Waals surface area contributed by atoms with Gasteiger partial charge in [0.15, 0.2) is 0 Å². The van der Waals surface area contributed by atoms with Crippen LogP contribution in [-0.2, 0) is 9.59 Å². The number of rotatable bonds is 7. The van der Waals surface area contributed by atoms with Crippen molar-refractivity contribution in [1.82, 2.24) is 10.6 Å². The summed E-state index contributed by atoms with van der Waals surface area (Å²) in [6.07, 6.45) is 1.85. The molecule has 0 radical (unpaired) electrons. The van der Waals surface area contributed by atoms with Gasteiger partial charge in [0.1, 0.15) is 6.04 Å². The second-order valence-electron chi connectivity index (χ2n) is 6.84. The molecule has 1 rings (SSSR count). The molecule has 1 saturated heterocycles. The predicted octanol–water partition coefficient (Wildman–Crippen LogP) is 0.319. The van der Waals surface area contributed by atoms with Gasteiger partial charge in [-0.15, -0.1) is 0 Å². The molecule has 0 aliphatic carbocycles. The minimum atomic E-state index is -0.923. The third-order valence-electron chi connectivity index (χ3n) is 3.48. The molecule has 20 heavy (non-hydrogen) atoms. The van der Waals surface area contributed by atoms with Crippen molar-refractivity contribution in [2.24, 2.45) is 17.1 Å². The third-order valence-corrected chi connectivity index (χ3v) is 3.48. The first-order valence-corrected chi connectivity index (χ1v) is 7.18. The monoisotopic (exact) mass is 285 g/mol. The average molecular weight is 285 g/mol. The predicted molar refractivity (Wildman–Crippen MR) is 77.2 cm³/mol. The molecule has 0 aromatic heterocycles. The highest BCUT2D eigenvalue weighted by atomic mass is 16.4. The van der Waals surface area contributed by atoms with Crippen molar-refractivity contribution in [3.05, 3.63) is 0 Å². The molecule has 1 heterocycles. The average Bonchev–Trinajstić information content (AvgIpc) is 2.67. The van der Waals surface area contributed by atoms with E-state index in [9.17, 15) is 14.7 Å². The highest BCUT2D eigenvalue weighted by Crippen LogP contribution is 2.20. The molecule has 6 heteroatoms. The first kappa shape index (κ1) is 16.9. The number of hydrogen-bond acceptors (Lipinski definition) is 4. The Hall–Kier alpha value is -1.14. The Kier molecular flexibility index (Phi) is 5.95. The standard InChI is InChI=1S/C14H27N3O3/c1-14(2,3)7-10(15)8-17-11(13(19)20)6-9-4-5-16-12(9)18/h9-11,17H,4-8,15H2,1-3H3,(H,16,18)(H,19,20)/t9-,10-,11-/m0/s1. The van der Waals surface area contributed by atoms with E-state index < -0.39 is 12.0 Å². The molecule has 0 bridgehead atoms. The number of carboxylic acid groups (broad SMARTS) is 1. The molecule has 116 valence electrons. The molecule has 1 aliphatic heterocycles. The number of aliphatic carboxylic acids is 1. The van der Waals surface area contributed by atoms with Crippen molar-refractivity contribution < 1.29 is 14.7 Å². The fourth-order valence-electron chi connectivity index (χ4n) is 2.58. The second kappa shape index (κ2) is 7.04. The molecule has 0 aromatic carbocycles. The quantitative estimate of drug-likeness (QED) is 0.539. The van der Waals surface area contributed by atoms with Gasteiger partial charge in [0.25, 0.3) is 0 Å². The lowest BCUT2D eigenvalue weighted by Gasteiger charge is -2.25. The Morgan fingerprint density at radius 3 is 2.65 bits per heavy atom. The number of carbonyl (C=O) groups excluding carboxylic acids is 1. The van der Waals surface area contributed by atoms with Crippen LogP contribution >= 0.6 is 0 Å². The van der Waals surface area contributed by atoms with E-state index in [1.165, 1.54) is 0 Å². The van der Waals surface area contributed by atoms with E-state index in [0.717, 1.165) is 6.42 Å². The van der Waals surface area contributed by atoms with Gasteiger partial charge in [0, 0.05) is 25.0 Å². The summed E-state index contributed by atoms with van der Waals surface area (Å²) in [4.78, 5) is 22.8. The van der Waals surface area contributed by atoms with Gasteiger partial charge < -0.3 is 21.5 Å². The van der Waals surface area contributed by atoms with Gasteiger partial charge in [0.05, 0.1) is 0 Å². The maximum atomic E-state index is 11.5. The maximum Gasteiger partial charge on any atom is 0.320 e. The van der Waals surface area contributed by atoms with Crippen LogP contribution in [0.25, 0.3) is 0 Å². The summed E-state index contributed by atoms with van der Waals surface area (Å²) in [7, 11) is 0. The zero-order valence-corrected chi connectivity index (χ0v) is 12.6. The lowest BCUT2D eigenvalue weighted by Crippen LogP contribution is -2.46. The van der Waals surface area contributed by atoms with E-state index in [-0.39, 0.29) is 23.3 Å². The van der Waals surface area contributed by atoms with Gasteiger partial charge in [-0.3, -0.25) is 9.59 Å². The second-order valence-corrected chi connectivity index (χ2v) is 6.84. The van der Waals surface area contributed by atoms with E-state index >= 15 is 0 Å². The summed E-state index contributed by atoms with van der Waals surface area (Å²) in [5.41, 5.74) is 6.13. The summed E-state index contributed by atoms with van der Waals surface area (Å²) in [5, 5.41) is 14.9. The maximum absolute atomic E-state index is 11.5. The van der Waals surface area contributed by atoms with Crippen molar-refractivity contribution >= 4 is 11.9 Å². The minimum absolute atomic E-state index is 0.0444. The van der Waals surface area contributed by atoms with E-state index in [4.69, 9.17) is 5.73 Å². The van der Waals surface area contributed by atoms with Gasteiger partial charge in [0.2, 0.25) is 5.91 Å². The number of hydrogen-bond donors (Lipinski definition) is 4. The molecular formula is C14H27N3O3. The van der Waals surface area contributed by atoms with Gasteiger partial charge in [-0.2, -0.15) is 0 Å². The topological polar surface area (TPSA) is 104 Å². The molecule has 3 atom stereocenters. The molecule has 1 fully saturated rings. The van der Waals surface area contributed by atoms with Gasteiger partial charge in [-0.1, -0.05) is 20.8 Å². The Balaban J connectivity index is 2.43. The Morgan fingerprint density at radius 2 is 2.20 bits per heavy atom. The van der Waals surface area contributed by atoms with Crippen molar-refractivity contribution in [3.63, 3.8) is 0 Å². The Bertz CT molecular complexity index is 352. The van der Waals surface area contributed by atoms with E-state index in [2.05, 4.69) is 31.4 Å². The van der Waals surface area contributed by atoms with Gasteiger partial charge >= 0.3 is 5.97 Å². The fraction of sp³-hybridized carbons (Fsp3) is 0.857. The third kappa shape index (κ3) is 5.88. The Labute approximate surface area is 120 Å². The van der Waals surface area contributed by atoms with E-state index in [0.29, 0.717) is 25.9 Å². The van der Waals surface area contributed by atoms with Crippen molar-refractivity contribution in [3.8, 4) is 0 Å². The van der Waals surface area contributed by atoms with Crippen LogP contribution in [0, 0.1) is 11.3 Å². The van der Waals surface area contributed by atoms with Crippen LogP contribution in [0.1, 0.15) is 40.0 Å². The van der Waals surface area contributed by atoms with Crippen LogP contribution in [0.2, 0.25) is 0 Å². The van der Waals surface area contributed by atoms with Crippen LogP contribution in [0.15, 0.2) is 0 Å². The van der Waals surface area contributed by atoms with Crippen LogP contribution in [-0.4, -0.2) is 42.2 Å². The SMILES string of the molecule is CC(C)(C)C[C@H](N)CN[C@@H](C[C@@H]1CCNC1=O)C(=O)O. The molecule has 0 spiro atoms. The summed E-state index contributed by atoms with van der Waals surface area (Å²) >= 11 is 0. The number of nitrogens with one attached hydrogen (secondary N) is 2. The zero-order chi connectivity index (χ0) is 15.3. The highest BCUT2D eigenvalue weighted by Gasteiger charge is 2.30. The van der Waals surface area contributed by atoms with Gasteiger partial charge in [-0.25, -0.2) is 0 Å². The van der Waals surface area contributed by atoms with Crippen LogP contribution in [0.5, 0.6) is 0 Å². The van der Waals surface area contributed by atoms with Crippen LogP contribution < -0.4 is 16.4 Å². The molecule has 1 aliphatic rings. The minimum Gasteiger partial charge on any atom is -0.480 e. The molecule has 0 aromatic rings. The highest BCUT2D eigenvalue weighted by molar-refractivity contribution is 5.82. The first-order chi connectivity index (χ1) is 9.19. The van der Waals surface area contributed by atoms with Crippen LogP contribution in [0.3, 0.4) is 0 Å². The van der Waals surface area contributed by atoms with Crippen molar-refractivity contribution in [1.29, 1.82) is 0 Å². The fourth-order valence-corrected chi connectivity index (χ4v) is 2.58. The summed E-state index contributed by atoms with van der Waals surface area (Å²) in [6.45, 7) is 7.39. The number of amides is 1. The van der Waals surface area contributed by atoms with Crippen LogP contribution in [0.4, 0.5) is 0 Å². The smallest absolute Gasteiger partial charge is 0.320 e. The normalized spacial score (nSPS) is 22.4. The molecule has 6 nitrogen and oxygen atoms in total. The van der Waals surface area contributed by atoms with Gasteiger partial charge in [-0.05, 0) is 24.7 Å². The lowest BCUT2D eigenvalue weighted by molar-refractivity contribution is -0.140. The molecule has 5 N–H and O–H groups in total. The van der Waals surface area contributed by atoms with E-state index in [1.54, 1.807) is 0 Å². The largest absolute Gasteiger partial charge is 0.480 e. The summed E-state index contributed by atoms with van der Waals surface area (Å²) < 4.78 is 0. The van der Waals surface area contributed by atoms with E-state index in [1.807, 2.05) is 0 Å². The van der Waals surface area contributed by atoms with Crippen molar-refractivity contribution in [2.45, 2.75) is 52.1 Å². The molecular weight excluding hydrogens is 258 g/mol. The Morgan fingerprint density at radius 1 is 1.55 bits per heavy atom. The molecule has 0 unspecified atom stereocenters. The molecule has 1 amide bonds. The summed E-state index contributed by atoms with van der Waals surface area (Å²) in [5.74, 6) is -1.17. The lowest BCUT2D eigenvalue weighted by atomic mass is 9.88. The first-order valence-electron chi connectivity index (χ1n) is 7.18. The zero-order valence-electron chi connectivity index (χ0n) is 12.6. The van der Waals surface area contributed by atoms with Crippen molar-refractivity contribution in [2.75, 3.05) is 13.1 Å². The molecule has 0 saturated carbocycles. The number of carbonyl (C=O) groups is 2.